The van der Waals surface area contributed by atoms with E-state index < -0.39 is 0 Å². The van der Waals surface area contributed by atoms with Gasteiger partial charge in [0, 0.05) is 6.42 Å². The van der Waals surface area contributed by atoms with E-state index >= 15 is 0 Å². The lowest BCUT2D eigenvalue weighted by molar-refractivity contribution is -0.109. The van der Waals surface area contributed by atoms with E-state index in [1.165, 1.54) is 12.0 Å². The maximum Gasteiger partial charge on any atom is 0.120 e. The fourth-order valence-electron chi connectivity index (χ4n) is 2.38. The van der Waals surface area contributed by atoms with Crippen LogP contribution in [0, 0.1) is 17.3 Å². The van der Waals surface area contributed by atoms with Gasteiger partial charge in [0.2, 0.25) is 0 Å². The molecule has 1 saturated carbocycles. The number of carbonyl (C=O) groups is 1. The van der Waals surface area contributed by atoms with Gasteiger partial charge in [-0.3, -0.25) is 0 Å². The quantitative estimate of drug-likeness (QED) is 0.471. The van der Waals surface area contributed by atoms with Crippen molar-refractivity contribution in [3.8, 4) is 0 Å². The zero-order valence-corrected chi connectivity index (χ0v) is 8.97. The predicted octanol–water partition coefficient (Wildman–Crippen LogP) is 3.20. The Balaban J connectivity index is 2.84. The molecule has 0 aliphatic heterocycles. The van der Waals surface area contributed by atoms with Crippen LogP contribution in [-0.2, 0) is 4.79 Å². The maximum atomic E-state index is 10.6. The Kier molecular flexibility index (Phi) is 2.94. The number of rotatable bonds is 2. The topological polar surface area (TPSA) is 17.1 Å². The van der Waals surface area contributed by atoms with E-state index in [1.54, 1.807) is 0 Å². The Morgan fingerprint density at radius 2 is 2.23 bits per heavy atom. The minimum Gasteiger partial charge on any atom is -0.303 e. The average molecular weight is 180 g/mol. The summed E-state index contributed by atoms with van der Waals surface area (Å²) < 4.78 is 0. The molecule has 0 N–H and O–H groups in total. The van der Waals surface area contributed by atoms with Crippen molar-refractivity contribution in [3.05, 3.63) is 12.2 Å². The van der Waals surface area contributed by atoms with Gasteiger partial charge >= 0.3 is 0 Å². The molecule has 13 heavy (non-hydrogen) atoms. The van der Waals surface area contributed by atoms with E-state index in [9.17, 15) is 4.79 Å². The lowest BCUT2D eigenvalue weighted by atomic mass is 9.60. The van der Waals surface area contributed by atoms with Crippen LogP contribution >= 0.6 is 0 Å². The minimum atomic E-state index is 0.246. The lowest BCUT2D eigenvalue weighted by Crippen LogP contribution is -2.36. The number of hydrogen-bond acceptors (Lipinski definition) is 1. The molecular weight excluding hydrogens is 160 g/mol. The molecule has 1 aliphatic carbocycles. The van der Waals surface area contributed by atoms with Crippen LogP contribution in [0.25, 0.3) is 0 Å². The Bertz CT molecular complexity index is 215. The van der Waals surface area contributed by atoms with Crippen LogP contribution in [0.2, 0.25) is 0 Å². The summed E-state index contributed by atoms with van der Waals surface area (Å²) >= 11 is 0. The molecule has 0 spiro atoms. The highest BCUT2D eigenvalue weighted by molar-refractivity contribution is 5.51. The summed E-state index contributed by atoms with van der Waals surface area (Å²) in [7, 11) is 0. The maximum absolute atomic E-state index is 10.6. The average Bonchev–Trinajstić information content (AvgIpc) is 2.06. The molecular formula is C12H20O. The number of allylic oxidation sites excluding steroid dienone is 1. The van der Waals surface area contributed by atoms with Crippen molar-refractivity contribution in [1.29, 1.82) is 0 Å². The van der Waals surface area contributed by atoms with E-state index in [2.05, 4.69) is 27.4 Å². The lowest BCUT2D eigenvalue weighted by Gasteiger charge is -2.44. The molecule has 0 radical (unpaired) electrons. The summed E-state index contributed by atoms with van der Waals surface area (Å²) in [4.78, 5) is 10.6. The van der Waals surface area contributed by atoms with Gasteiger partial charge in [0.1, 0.15) is 6.29 Å². The van der Waals surface area contributed by atoms with Gasteiger partial charge < -0.3 is 4.79 Å². The third-order valence-corrected chi connectivity index (χ3v) is 3.89. The molecule has 1 aliphatic rings. The van der Waals surface area contributed by atoms with E-state index in [4.69, 9.17) is 0 Å². The Morgan fingerprint density at radius 1 is 1.62 bits per heavy atom. The SMILES string of the molecule is C=C1CCC(C)C(C)(C)C1CC=O. The van der Waals surface area contributed by atoms with Crippen molar-refractivity contribution < 1.29 is 4.79 Å². The zero-order valence-electron chi connectivity index (χ0n) is 8.97. The first-order valence-corrected chi connectivity index (χ1v) is 5.11. The smallest absolute Gasteiger partial charge is 0.120 e. The van der Waals surface area contributed by atoms with Crippen LogP contribution in [0.1, 0.15) is 40.0 Å². The first kappa shape index (κ1) is 10.5. The molecule has 0 aromatic carbocycles. The van der Waals surface area contributed by atoms with E-state index in [-0.39, 0.29) is 5.41 Å². The van der Waals surface area contributed by atoms with Crippen molar-refractivity contribution in [2.45, 2.75) is 40.0 Å². The second-order valence-corrected chi connectivity index (χ2v) is 4.87. The van der Waals surface area contributed by atoms with Crippen LogP contribution in [0.5, 0.6) is 0 Å². The third-order valence-electron chi connectivity index (χ3n) is 3.89. The number of hydrogen-bond donors (Lipinski definition) is 0. The normalized spacial score (nSPS) is 33.0. The highest BCUT2D eigenvalue weighted by Gasteiger charge is 2.39. The molecule has 1 heteroatoms. The third kappa shape index (κ3) is 1.84. The van der Waals surface area contributed by atoms with Crippen molar-refractivity contribution >= 4 is 6.29 Å². The summed E-state index contributed by atoms with van der Waals surface area (Å²) in [6.45, 7) is 10.9. The Morgan fingerprint density at radius 3 is 2.77 bits per heavy atom. The van der Waals surface area contributed by atoms with Crippen molar-refractivity contribution in [2.75, 3.05) is 0 Å². The van der Waals surface area contributed by atoms with Gasteiger partial charge in [-0.15, -0.1) is 0 Å². The summed E-state index contributed by atoms with van der Waals surface area (Å²) in [5, 5.41) is 0. The highest BCUT2D eigenvalue weighted by atomic mass is 16.1. The molecule has 1 rings (SSSR count). The van der Waals surface area contributed by atoms with Crippen molar-refractivity contribution in [1.82, 2.24) is 0 Å². The summed E-state index contributed by atoms with van der Waals surface area (Å²) in [6, 6.07) is 0. The molecule has 2 atom stereocenters. The summed E-state index contributed by atoms with van der Waals surface area (Å²) in [6.07, 6.45) is 4.01. The first-order valence-electron chi connectivity index (χ1n) is 5.11. The van der Waals surface area contributed by atoms with Gasteiger partial charge in [0.25, 0.3) is 0 Å². The second kappa shape index (κ2) is 3.65. The van der Waals surface area contributed by atoms with Gasteiger partial charge in [0.05, 0.1) is 0 Å². The minimum absolute atomic E-state index is 0.246. The molecule has 0 aromatic heterocycles. The van der Waals surface area contributed by atoms with Crippen LogP contribution < -0.4 is 0 Å². The van der Waals surface area contributed by atoms with Crippen molar-refractivity contribution in [3.63, 3.8) is 0 Å². The van der Waals surface area contributed by atoms with E-state index in [1.807, 2.05) is 0 Å². The molecule has 1 nitrogen and oxygen atoms in total. The summed E-state index contributed by atoms with van der Waals surface area (Å²) in [5.41, 5.74) is 1.52. The monoisotopic (exact) mass is 180 g/mol. The van der Waals surface area contributed by atoms with Crippen LogP contribution in [0.3, 0.4) is 0 Å². The molecule has 74 valence electrons. The fraction of sp³-hybridized carbons (Fsp3) is 0.750. The molecule has 0 saturated heterocycles. The van der Waals surface area contributed by atoms with Gasteiger partial charge in [-0.2, -0.15) is 0 Å². The van der Waals surface area contributed by atoms with Gasteiger partial charge in [-0.25, -0.2) is 0 Å². The van der Waals surface area contributed by atoms with Crippen LogP contribution in [0.15, 0.2) is 12.2 Å². The molecule has 1 fully saturated rings. The van der Waals surface area contributed by atoms with Gasteiger partial charge in [0.15, 0.2) is 0 Å². The predicted molar refractivity (Wildman–Crippen MR) is 55.5 cm³/mol. The van der Waals surface area contributed by atoms with Crippen LogP contribution in [-0.4, -0.2) is 6.29 Å². The van der Waals surface area contributed by atoms with E-state index in [0.717, 1.165) is 12.7 Å². The Labute approximate surface area is 81.2 Å². The molecule has 0 heterocycles. The highest BCUT2D eigenvalue weighted by Crippen LogP contribution is 2.47. The van der Waals surface area contributed by atoms with Crippen molar-refractivity contribution in [2.24, 2.45) is 17.3 Å². The fourth-order valence-corrected chi connectivity index (χ4v) is 2.38. The molecule has 0 bridgehead atoms. The zero-order chi connectivity index (χ0) is 10.1. The standard InChI is InChI=1S/C12H20O/c1-9-5-6-10(2)12(3,4)11(9)7-8-13/h8,10-11H,1,5-7H2,2-4H3. The second-order valence-electron chi connectivity index (χ2n) is 4.87. The molecule has 2 unspecified atom stereocenters. The summed E-state index contributed by atoms with van der Waals surface area (Å²) in [5.74, 6) is 1.09. The molecule has 0 aromatic rings. The van der Waals surface area contributed by atoms with Gasteiger partial charge in [-0.1, -0.05) is 32.9 Å². The Hall–Kier alpha value is -0.590. The largest absolute Gasteiger partial charge is 0.303 e. The number of carbonyl (C=O) groups excluding carboxylic acids is 1. The van der Waals surface area contributed by atoms with Gasteiger partial charge in [-0.05, 0) is 30.1 Å². The number of aldehydes is 1. The van der Waals surface area contributed by atoms with Crippen LogP contribution in [0.4, 0.5) is 0 Å². The first-order chi connectivity index (χ1) is 6.00. The molecule has 0 amide bonds. The van der Waals surface area contributed by atoms with E-state index in [0.29, 0.717) is 18.3 Å².